The number of amides is 2. The van der Waals surface area contributed by atoms with Crippen molar-refractivity contribution in [3.8, 4) is 11.1 Å². The van der Waals surface area contributed by atoms with Gasteiger partial charge in [-0.25, -0.2) is 9.59 Å². The molecule has 2 aromatic carbocycles. The number of hydrogen-bond donors (Lipinski definition) is 3. The van der Waals surface area contributed by atoms with Gasteiger partial charge in [0.15, 0.2) is 0 Å². The van der Waals surface area contributed by atoms with Crippen LogP contribution in [0.2, 0.25) is 0 Å². The molecule has 0 heterocycles. The number of carboxylic acid groups (broad SMARTS) is 1. The summed E-state index contributed by atoms with van der Waals surface area (Å²) in [6.07, 6.45) is 2.25. The highest BCUT2D eigenvalue weighted by Gasteiger charge is 2.36. The van der Waals surface area contributed by atoms with Crippen molar-refractivity contribution < 1.29 is 24.2 Å². The third-order valence-electron chi connectivity index (χ3n) is 7.10. The number of ether oxygens (including phenoxy) is 1. The molecule has 3 N–H and O–H groups in total. The summed E-state index contributed by atoms with van der Waals surface area (Å²) < 4.78 is 5.58. The van der Waals surface area contributed by atoms with Gasteiger partial charge >= 0.3 is 12.1 Å². The molecule has 2 atom stereocenters. The molecular weight excluding hydrogens is 432 g/mol. The van der Waals surface area contributed by atoms with E-state index in [2.05, 4.69) is 34.9 Å². The monoisotopic (exact) mass is 464 g/mol. The Morgan fingerprint density at radius 2 is 1.59 bits per heavy atom. The third-order valence-corrected chi connectivity index (χ3v) is 7.10. The van der Waals surface area contributed by atoms with Crippen LogP contribution in [0.25, 0.3) is 11.1 Å². The van der Waals surface area contributed by atoms with E-state index in [9.17, 15) is 19.5 Å². The first kappa shape index (κ1) is 23.8. The van der Waals surface area contributed by atoms with E-state index in [1.54, 1.807) is 13.8 Å². The molecule has 34 heavy (non-hydrogen) atoms. The number of rotatable bonds is 9. The van der Waals surface area contributed by atoms with Crippen molar-refractivity contribution in [3.63, 3.8) is 0 Å². The fraction of sp³-hybridized carbons (Fsp3) is 0.444. The molecule has 2 aliphatic carbocycles. The highest BCUT2D eigenvalue weighted by atomic mass is 16.5. The van der Waals surface area contributed by atoms with Gasteiger partial charge in [0, 0.05) is 12.5 Å². The molecule has 7 nitrogen and oxygen atoms in total. The summed E-state index contributed by atoms with van der Waals surface area (Å²) in [6, 6.07) is 15.3. The molecule has 1 unspecified atom stereocenters. The minimum Gasteiger partial charge on any atom is -0.480 e. The van der Waals surface area contributed by atoms with E-state index in [0.717, 1.165) is 41.5 Å². The highest BCUT2D eigenvalue weighted by Crippen LogP contribution is 2.44. The quantitative estimate of drug-likeness (QED) is 0.517. The molecule has 1 fully saturated rings. The van der Waals surface area contributed by atoms with E-state index in [-0.39, 0.29) is 36.8 Å². The van der Waals surface area contributed by atoms with Gasteiger partial charge < -0.3 is 20.5 Å². The van der Waals surface area contributed by atoms with Gasteiger partial charge in [0.05, 0.1) is 5.92 Å². The summed E-state index contributed by atoms with van der Waals surface area (Å²) in [5.41, 5.74) is 4.59. The van der Waals surface area contributed by atoms with E-state index in [1.165, 1.54) is 0 Å². The first-order chi connectivity index (χ1) is 16.4. The predicted molar refractivity (Wildman–Crippen MR) is 128 cm³/mol. The number of nitrogens with one attached hydrogen (secondary N) is 2. The zero-order valence-electron chi connectivity index (χ0n) is 19.6. The van der Waals surface area contributed by atoms with Crippen LogP contribution >= 0.6 is 0 Å². The average Bonchev–Trinajstić information content (AvgIpc) is 3.10. The molecule has 7 heteroatoms. The fourth-order valence-corrected chi connectivity index (χ4v) is 4.93. The summed E-state index contributed by atoms with van der Waals surface area (Å²) in [5, 5.41) is 14.8. The zero-order valence-corrected chi connectivity index (χ0v) is 19.6. The van der Waals surface area contributed by atoms with Crippen molar-refractivity contribution in [1.82, 2.24) is 10.6 Å². The van der Waals surface area contributed by atoms with Gasteiger partial charge in [0.25, 0.3) is 0 Å². The molecule has 1 saturated carbocycles. The van der Waals surface area contributed by atoms with Gasteiger partial charge in [-0.1, -0.05) is 68.8 Å². The molecule has 2 amide bonds. The summed E-state index contributed by atoms with van der Waals surface area (Å²) in [6.45, 7) is 3.84. The third kappa shape index (κ3) is 4.93. The van der Waals surface area contributed by atoms with Crippen molar-refractivity contribution in [2.45, 2.75) is 45.1 Å². The maximum atomic E-state index is 12.9. The molecule has 0 bridgehead atoms. The maximum absolute atomic E-state index is 12.9. The van der Waals surface area contributed by atoms with Crippen LogP contribution in [0, 0.1) is 17.8 Å². The number of aliphatic carboxylic acids is 1. The number of carbonyl (C=O) groups excluding carboxylic acids is 2. The summed E-state index contributed by atoms with van der Waals surface area (Å²) in [4.78, 5) is 36.9. The summed E-state index contributed by atoms with van der Waals surface area (Å²) in [5.74, 6) is -2.00. The topological polar surface area (TPSA) is 105 Å². The number of benzene rings is 2. The zero-order chi connectivity index (χ0) is 24.2. The number of carboxylic acids is 1. The molecule has 0 aromatic heterocycles. The van der Waals surface area contributed by atoms with Crippen LogP contribution in [-0.2, 0) is 14.3 Å². The van der Waals surface area contributed by atoms with E-state index in [1.807, 2.05) is 24.3 Å². The standard InChI is InChI=1S/C27H32N2O5/c1-16(2)24(26(31)32)29-25(30)22(17-8-7-9-17)14-28-27(33)34-15-23-20-12-5-3-10-18(20)19-11-4-6-13-21(19)23/h3-6,10-13,16-17,22-24H,7-9,14-15H2,1-2H3,(H,28,33)(H,29,30)(H,31,32)/t22?,24-/m0/s1. The lowest BCUT2D eigenvalue weighted by atomic mass is 9.75. The SMILES string of the molecule is CC(C)[C@H](NC(=O)C(CNC(=O)OCC1c2ccccc2-c2ccccc21)C1CCC1)C(=O)O. The van der Waals surface area contributed by atoms with E-state index < -0.39 is 24.0 Å². The Bertz CT molecular complexity index is 1020. The minimum absolute atomic E-state index is 0.0359. The largest absolute Gasteiger partial charge is 0.480 e. The lowest BCUT2D eigenvalue weighted by Gasteiger charge is -2.34. The maximum Gasteiger partial charge on any atom is 0.407 e. The van der Waals surface area contributed by atoms with Gasteiger partial charge in [-0.3, -0.25) is 4.79 Å². The number of alkyl carbamates (subject to hydrolysis) is 1. The summed E-state index contributed by atoms with van der Waals surface area (Å²) >= 11 is 0. The number of carbonyl (C=O) groups is 3. The number of fused-ring (bicyclic) bond motifs is 3. The van der Waals surface area contributed by atoms with Gasteiger partial charge in [0.1, 0.15) is 12.6 Å². The second-order valence-corrected chi connectivity index (χ2v) is 9.57. The average molecular weight is 465 g/mol. The van der Waals surface area contributed by atoms with Crippen LogP contribution in [0.1, 0.15) is 50.2 Å². The Morgan fingerprint density at radius 1 is 1.00 bits per heavy atom. The smallest absolute Gasteiger partial charge is 0.407 e. The lowest BCUT2D eigenvalue weighted by molar-refractivity contribution is -0.144. The number of hydrogen-bond acceptors (Lipinski definition) is 4. The van der Waals surface area contributed by atoms with Crippen LogP contribution < -0.4 is 10.6 Å². The van der Waals surface area contributed by atoms with Crippen molar-refractivity contribution in [1.29, 1.82) is 0 Å². The fourth-order valence-electron chi connectivity index (χ4n) is 4.93. The second-order valence-electron chi connectivity index (χ2n) is 9.57. The molecule has 0 saturated heterocycles. The predicted octanol–water partition coefficient (Wildman–Crippen LogP) is 4.17. The van der Waals surface area contributed by atoms with Crippen molar-refractivity contribution >= 4 is 18.0 Å². The van der Waals surface area contributed by atoms with Crippen LogP contribution in [0.4, 0.5) is 4.79 Å². The molecule has 2 aliphatic rings. The minimum atomic E-state index is -1.06. The first-order valence-corrected chi connectivity index (χ1v) is 12.0. The molecule has 0 aliphatic heterocycles. The second kappa shape index (κ2) is 10.3. The Labute approximate surface area is 199 Å². The Hall–Kier alpha value is -3.35. The highest BCUT2D eigenvalue weighted by molar-refractivity contribution is 5.86. The molecule has 180 valence electrons. The van der Waals surface area contributed by atoms with Crippen LogP contribution in [0.3, 0.4) is 0 Å². The molecular formula is C27H32N2O5. The van der Waals surface area contributed by atoms with Crippen LogP contribution in [-0.4, -0.2) is 42.3 Å². The lowest BCUT2D eigenvalue weighted by Crippen LogP contribution is -2.51. The van der Waals surface area contributed by atoms with Crippen LogP contribution in [0.5, 0.6) is 0 Å². The van der Waals surface area contributed by atoms with Crippen molar-refractivity contribution in [2.75, 3.05) is 13.2 Å². The van der Waals surface area contributed by atoms with E-state index in [0.29, 0.717) is 0 Å². The normalized spacial score (nSPS) is 16.7. The Balaban J connectivity index is 1.36. The molecule has 0 spiro atoms. The summed E-state index contributed by atoms with van der Waals surface area (Å²) in [7, 11) is 0. The van der Waals surface area contributed by atoms with E-state index >= 15 is 0 Å². The van der Waals surface area contributed by atoms with E-state index in [4.69, 9.17) is 4.74 Å². The Morgan fingerprint density at radius 3 is 2.09 bits per heavy atom. The van der Waals surface area contributed by atoms with Gasteiger partial charge in [-0.15, -0.1) is 0 Å². The van der Waals surface area contributed by atoms with Gasteiger partial charge in [0.2, 0.25) is 5.91 Å². The molecule has 0 radical (unpaired) electrons. The van der Waals surface area contributed by atoms with Crippen molar-refractivity contribution in [3.05, 3.63) is 59.7 Å². The van der Waals surface area contributed by atoms with Gasteiger partial charge in [-0.05, 0) is 46.9 Å². The Kier molecular flexibility index (Phi) is 7.20. The van der Waals surface area contributed by atoms with Crippen LogP contribution in [0.15, 0.2) is 48.5 Å². The van der Waals surface area contributed by atoms with Crippen molar-refractivity contribution in [2.24, 2.45) is 17.8 Å². The molecule has 4 rings (SSSR count). The molecule has 2 aromatic rings. The first-order valence-electron chi connectivity index (χ1n) is 12.0. The van der Waals surface area contributed by atoms with Gasteiger partial charge in [-0.2, -0.15) is 0 Å².